The van der Waals surface area contributed by atoms with Gasteiger partial charge in [-0.1, -0.05) is 20.8 Å². The molecule has 0 atom stereocenters. The maximum atomic E-state index is 4.48. The third kappa shape index (κ3) is 1.84. The summed E-state index contributed by atoms with van der Waals surface area (Å²) in [6.07, 6.45) is 3.74. The summed E-state index contributed by atoms with van der Waals surface area (Å²) in [6, 6.07) is 4.12. The summed E-state index contributed by atoms with van der Waals surface area (Å²) in [5, 5.41) is 1.17. The predicted octanol–water partition coefficient (Wildman–Crippen LogP) is 3.24. The maximum Gasteiger partial charge on any atom is 0.0736 e. The van der Waals surface area contributed by atoms with E-state index in [1.54, 1.807) is 0 Å². The Hall–Kier alpha value is -1.44. The quantitative estimate of drug-likeness (QED) is 0.652. The fourth-order valence-electron chi connectivity index (χ4n) is 1.75. The van der Waals surface area contributed by atoms with E-state index in [2.05, 4.69) is 43.7 Å². The topological polar surface area (TPSA) is 25.8 Å². The van der Waals surface area contributed by atoms with Crippen LogP contribution in [0.25, 0.3) is 10.9 Å². The van der Waals surface area contributed by atoms with Crippen molar-refractivity contribution >= 4 is 10.9 Å². The van der Waals surface area contributed by atoms with Gasteiger partial charge in [-0.15, -0.1) is 0 Å². The molecule has 0 saturated heterocycles. The van der Waals surface area contributed by atoms with E-state index in [-0.39, 0.29) is 5.41 Å². The van der Waals surface area contributed by atoms with Gasteiger partial charge < -0.3 is 0 Å². The molecule has 0 aliphatic heterocycles. The lowest BCUT2D eigenvalue weighted by Crippen LogP contribution is -2.14. The maximum absolute atomic E-state index is 4.48. The number of hydrogen-bond donors (Lipinski definition) is 0. The average molecular weight is 200 g/mol. The van der Waals surface area contributed by atoms with Crippen molar-refractivity contribution in [2.75, 3.05) is 0 Å². The van der Waals surface area contributed by atoms with Crippen LogP contribution in [0.5, 0.6) is 0 Å². The van der Waals surface area contributed by atoms with E-state index in [0.29, 0.717) is 0 Å². The van der Waals surface area contributed by atoms with Gasteiger partial charge >= 0.3 is 0 Å². The molecular weight excluding hydrogens is 184 g/mol. The van der Waals surface area contributed by atoms with Crippen molar-refractivity contribution in [1.29, 1.82) is 0 Å². The molecule has 2 aromatic heterocycles. The van der Waals surface area contributed by atoms with Gasteiger partial charge in [0.2, 0.25) is 0 Å². The first-order chi connectivity index (χ1) is 6.98. The highest BCUT2D eigenvalue weighted by Gasteiger charge is 2.18. The Bertz CT molecular complexity index is 495. The zero-order valence-corrected chi connectivity index (χ0v) is 9.70. The molecule has 2 aromatic rings. The number of pyridine rings is 2. The van der Waals surface area contributed by atoms with Crippen LogP contribution in [0, 0.1) is 6.92 Å². The molecule has 2 nitrogen and oxygen atoms in total. The second-order valence-electron chi connectivity index (χ2n) is 4.99. The molecule has 0 amide bonds. The molecular formula is C13H16N2. The summed E-state index contributed by atoms with van der Waals surface area (Å²) in [4.78, 5) is 8.89. The van der Waals surface area contributed by atoms with Gasteiger partial charge in [0.05, 0.1) is 11.2 Å². The molecule has 78 valence electrons. The van der Waals surface area contributed by atoms with E-state index in [1.165, 1.54) is 10.9 Å². The van der Waals surface area contributed by atoms with Crippen LogP contribution in [-0.2, 0) is 5.41 Å². The molecule has 2 heteroatoms. The molecule has 2 rings (SSSR count). The van der Waals surface area contributed by atoms with E-state index < -0.39 is 0 Å². The molecule has 0 aliphatic rings. The van der Waals surface area contributed by atoms with Gasteiger partial charge in [-0.3, -0.25) is 9.97 Å². The highest BCUT2D eigenvalue weighted by atomic mass is 14.7. The first kappa shape index (κ1) is 10.1. The summed E-state index contributed by atoms with van der Waals surface area (Å²) in [7, 11) is 0. The second kappa shape index (κ2) is 3.30. The minimum atomic E-state index is 0.0645. The smallest absolute Gasteiger partial charge is 0.0736 e. The largest absolute Gasteiger partial charge is 0.260 e. The summed E-state index contributed by atoms with van der Waals surface area (Å²) in [6.45, 7) is 8.59. The molecule has 0 aromatic carbocycles. The summed E-state index contributed by atoms with van der Waals surface area (Å²) in [5.41, 5.74) is 3.40. The standard InChI is InChI=1S/C13H16N2/c1-9-7-10-11(15-8-9)5-6-14-12(10)13(2,3)4/h5-8H,1-4H3. The van der Waals surface area contributed by atoms with Crippen LogP contribution in [0.4, 0.5) is 0 Å². The number of rotatable bonds is 0. The van der Waals surface area contributed by atoms with E-state index in [4.69, 9.17) is 0 Å². The molecule has 0 radical (unpaired) electrons. The van der Waals surface area contributed by atoms with E-state index in [1.807, 2.05) is 18.5 Å². The molecule has 2 heterocycles. The van der Waals surface area contributed by atoms with Gasteiger partial charge in [-0.2, -0.15) is 0 Å². The number of aryl methyl sites for hydroxylation is 1. The molecule has 0 aliphatic carbocycles. The normalized spacial score (nSPS) is 12.0. The lowest BCUT2D eigenvalue weighted by atomic mass is 9.89. The van der Waals surface area contributed by atoms with Gasteiger partial charge in [0.25, 0.3) is 0 Å². The zero-order chi connectivity index (χ0) is 11.1. The second-order valence-corrected chi connectivity index (χ2v) is 4.99. The van der Waals surface area contributed by atoms with Gasteiger partial charge in [0.15, 0.2) is 0 Å². The van der Waals surface area contributed by atoms with Gasteiger partial charge in [0, 0.05) is 23.2 Å². The lowest BCUT2D eigenvalue weighted by molar-refractivity contribution is 0.575. The Morgan fingerprint density at radius 1 is 1.13 bits per heavy atom. The van der Waals surface area contributed by atoms with E-state index >= 15 is 0 Å². The molecule has 0 fully saturated rings. The number of fused-ring (bicyclic) bond motifs is 1. The van der Waals surface area contributed by atoms with E-state index in [9.17, 15) is 0 Å². The highest BCUT2D eigenvalue weighted by molar-refractivity contribution is 5.81. The Kier molecular flexibility index (Phi) is 2.22. The highest BCUT2D eigenvalue weighted by Crippen LogP contribution is 2.27. The van der Waals surface area contributed by atoms with Crippen molar-refractivity contribution in [1.82, 2.24) is 9.97 Å². The van der Waals surface area contributed by atoms with Crippen molar-refractivity contribution in [2.24, 2.45) is 0 Å². The van der Waals surface area contributed by atoms with E-state index in [0.717, 1.165) is 11.2 Å². The first-order valence-corrected chi connectivity index (χ1v) is 5.20. The molecule has 0 saturated carbocycles. The van der Waals surface area contributed by atoms with Crippen molar-refractivity contribution in [3.63, 3.8) is 0 Å². The summed E-state index contributed by atoms with van der Waals surface area (Å²) < 4.78 is 0. The predicted molar refractivity (Wildman–Crippen MR) is 63.0 cm³/mol. The zero-order valence-electron chi connectivity index (χ0n) is 9.70. The Balaban J connectivity index is 2.80. The van der Waals surface area contributed by atoms with Gasteiger partial charge in [-0.05, 0) is 24.6 Å². The first-order valence-electron chi connectivity index (χ1n) is 5.20. The van der Waals surface area contributed by atoms with Crippen molar-refractivity contribution in [3.8, 4) is 0 Å². The number of aromatic nitrogens is 2. The summed E-state index contributed by atoms with van der Waals surface area (Å²) in [5.74, 6) is 0. The third-order valence-electron chi connectivity index (χ3n) is 2.46. The van der Waals surface area contributed by atoms with Crippen molar-refractivity contribution in [2.45, 2.75) is 33.1 Å². The SMILES string of the molecule is Cc1cnc2ccnc(C(C)(C)C)c2c1. The monoisotopic (exact) mass is 200 g/mol. The van der Waals surface area contributed by atoms with Crippen LogP contribution >= 0.6 is 0 Å². The average Bonchev–Trinajstić information content (AvgIpc) is 2.15. The fraction of sp³-hybridized carbons (Fsp3) is 0.385. The lowest BCUT2D eigenvalue weighted by Gasteiger charge is -2.19. The van der Waals surface area contributed by atoms with Crippen molar-refractivity contribution in [3.05, 3.63) is 35.8 Å². The Labute approximate surface area is 90.4 Å². The Morgan fingerprint density at radius 3 is 2.53 bits per heavy atom. The molecule has 0 bridgehead atoms. The molecule has 0 N–H and O–H groups in total. The number of hydrogen-bond acceptors (Lipinski definition) is 2. The minimum Gasteiger partial charge on any atom is -0.260 e. The van der Waals surface area contributed by atoms with Gasteiger partial charge in [-0.25, -0.2) is 0 Å². The number of nitrogens with zero attached hydrogens (tertiary/aromatic N) is 2. The third-order valence-corrected chi connectivity index (χ3v) is 2.46. The van der Waals surface area contributed by atoms with Crippen LogP contribution < -0.4 is 0 Å². The minimum absolute atomic E-state index is 0.0645. The molecule has 15 heavy (non-hydrogen) atoms. The van der Waals surface area contributed by atoms with Crippen LogP contribution in [0.2, 0.25) is 0 Å². The van der Waals surface area contributed by atoms with Crippen LogP contribution in [-0.4, -0.2) is 9.97 Å². The van der Waals surface area contributed by atoms with Crippen molar-refractivity contribution < 1.29 is 0 Å². The van der Waals surface area contributed by atoms with Crippen LogP contribution in [0.15, 0.2) is 24.5 Å². The fourth-order valence-corrected chi connectivity index (χ4v) is 1.75. The molecule has 0 spiro atoms. The van der Waals surface area contributed by atoms with Crippen LogP contribution in [0.1, 0.15) is 32.0 Å². The van der Waals surface area contributed by atoms with Gasteiger partial charge in [0.1, 0.15) is 0 Å². The molecule has 0 unspecified atom stereocenters. The van der Waals surface area contributed by atoms with Crippen LogP contribution in [0.3, 0.4) is 0 Å². The Morgan fingerprint density at radius 2 is 1.87 bits per heavy atom. The summed E-state index contributed by atoms with van der Waals surface area (Å²) >= 11 is 0.